The molecular weight excluding hydrogens is 266 g/mol. The summed E-state index contributed by atoms with van der Waals surface area (Å²) >= 11 is 0. The first kappa shape index (κ1) is 15.3. The van der Waals surface area contributed by atoms with Crippen molar-refractivity contribution in [3.8, 4) is 11.8 Å². The fourth-order valence-corrected chi connectivity index (χ4v) is 2.60. The van der Waals surface area contributed by atoms with Crippen LogP contribution in [0.1, 0.15) is 19.4 Å². The quantitative estimate of drug-likeness (QED) is 0.845. The second-order valence-corrected chi connectivity index (χ2v) is 5.51. The minimum atomic E-state index is -0.592. The first-order chi connectivity index (χ1) is 10.0. The van der Waals surface area contributed by atoms with Gasteiger partial charge in [0.15, 0.2) is 6.10 Å². The highest BCUT2D eigenvalue weighted by atomic mass is 16.5. The third kappa shape index (κ3) is 3.53. The first-order valence-corrected chi connectivity index (χ1v) is 7.17. The van der Waals surface area contributed by atoms with Crippen LogP contribution < -0.4 is 4.74 Å². The Kier molecular flexibility index (Phi) is 4.81. The van der Waals surface area contributed by atoms with E-state index in [0.29, 0.717) is 17.9 Å². The molecular formula is C16H21N3O2. The summed E-state index contributed by atoms with van der Waals surface area (Å²) in [7, 11) is 2.06. The normalized spacial score (nSPS) is 20.7. The number of rotatable bonds is 3. The van der Waals surface area contributed by atoms with Crippen molar-refractivity contribution in [1.82, 2.24) is 9.80 Å². The van der Waals surface area contributed by atoms with Gasteiger partial charge in [-0.05, 0) is 33.0 Å². The number of likely N-dealkylation sites (N-methyl/N-ethyl adjacent to an activating group) is 1. The van der Waals surface area contributed by atoms with Crippen molar-refractivity contribution >= 4 is 5.91 Å². The van der Waals surface area contributed by atoms with Crippen molar-refractivity contribution in [2.75, 3.05) is 26.7 Å². The van der Waals surface area contributed by atoms with E-state index in [-0.39, 0.29) is 11.9 Å². The predicted octanol–water partition coefficient (Wildman–Crippen LogP) is 1.49. The van der Waals surface area contributed by atoms with E-state index in [9.17, 15) is 4.79 Å². The van der Waals surface area contributed by atoms with Crippen LogP contribution in [0, 0.1) is 11.3 Å². The van der Waals surface area contributed by atoms with Crippen molar-refractivity contribution < 1.29 is 9.53 Å². The van der Waals surface area contributed by atoms with Gasteiger partial charge in [-0.25, -0.2) is 0 Å². The van der Waals surface area contributed by atoms with E-state index in [1.807, 2.05) is 11.8 Å². The molecule has 0 radical (unpaired) electrons. The molecule has 0 aliphatic carbocycles. The number of amides is 1. The number of hydrogen-bond acceptors (Lipinski definition) is 4. The number of piperazine rings is 1. The Hall–Kier alpha value is -2.06. The summed E-state index contributed by atoms with van der Waals surface area (Å²) in [5.74, 6) is 0.436. The molecule has 1 aliphatic rings. The minimum absolute atomic E-state index is 0.0247. The molecule has 0 aromatic heterocycles. The second-order valence-electron chi connectivity index (χ2n) is 5.51. The zero-order valence-corrected chi connectivity index (χ0v) is 12.7. The van der Waals surface area contributed by atoms with Crippen LogP contribution >= 0.6 is 0 Å². The van der Waals surface area contributed by atoms with E-state index >= 15 is 0 Å². The van der Waals surface area contributed by atoms with Crippen LogP contribution in [0.4, 0.5) is 0 Å². The molecule has 5 nitrogen and oxygen atoms in total. The van der Waals surface area contributed by atoms with Crippen LogP contribution in [-0.4, -0.2) is 54.5 Å². The van der Waals surface area contributed by atoms with Gasteiger partial charge in [0, 0.05) is 25.7 Å². The number of nitriles is 1. The van der Waals surface area contributed by atoms with Crippen molar-refractivity contribution in [2.24, 2.45) is 0 Å². The van der Waals surface area contributed by atoms with Crippen LogP contribution in [-0.2, 0) is 4.79 Å². The third-order valence-electron chi connectivity index (χ3n) is 3.77. The molecule has 1 fully saturated rings. The Morgan fingerprint density at radius 2 is 2.14 bits per heavy atom. The van der Waals surface area contributed by atoms with Gasteiger partial charge in [0.25, 0.3) is 5.91 Å². The number of nitrogens with zero attached hydrogens (tertiary/aromatic N) is 3. The van der Waals surface area contributed by atoms with Gasteiger partial charge in [0.2, 0.25) is 0 Å². The summed E-state index contributed by atoms with van der Waals surface area (Å²) in [6.45, 7) is 6.24. The lowest BCUT2D eigenvalue weighted by Crippen LogP contribution is -2.55. The van der Waals surface area contributed by atoms with Gasteiger partial charge in [0.1, 0.15) is 11.8 Å². The highest BCUT2D eigenvalue weighted by Gasteiger charge is 2.30. The summed E-state index contributed by atoms with van der Waals surface area (Å²) in [5, 5.41) is 9.06. The maximum Gasteiger partial charge on any atom is 0.263 e. The number of benzene rings is 1. The van der Waals surface area contributed by atoms with Crippen LogP contribution in [0.3, 0.4) is 0 Å². The summed E-state index contributed by atoms with van der Waals surface area (Å²) in [5.41, 5.74) is 0.448. The van der Waals surface area contributed by atoms with E-state index in [1.165, 1.54) is 0 Å². The summed E-state index contributed by atoms with van der Waals surface area (Å²) < 4.78 is 5.70. The smallest absolute Gasteiger partial charge is 0.263 e. The molecule has 1 aromatic carbocycles. The van der Waals surface area contributed by atoms with Crippen molar-refractivity contribution in [1.29, 1.82) is 5.26 Å². The standard InChI is InChI=1S/C16H21N3O2/c1-12-11-18(3)8-9-19(12)16(20)13(2)21-15-7-5-4-6-14(15)10-17/h4-7,12-13H,8-9,11H2,1-3H3/t12-,13+/m0/s1. The molecule has 5 heteroatoms. The third-order valence-corrected chi connectivity index (χ3v) is 3.77. The van der Waals surface area contributed by atoms with Crippen molar-refractivity contribution in [3.05, 3.63) is 29.8 Å². The van der Waals surface area contributed by atoms with Crippen molar-refractivity contribution in [3.63, 3.8) is 0 Å². The molecule has 0 unspecified atom stereocenters. The average Bonchev–Trinajstić information content (AvgIpc) is 2.47. The molecule has 0 N–H and O–H groups in total. The highest BCUT2D eigenvalue weighted by molar-refractivity contribution is 5.81. The number of carbonyl (C=O) groups excluding carboxylic acids is 1. The zero-order chi connectivity index (χ0) is 15.4. The average molecular weight is 287 g/mol. The Labute approximate surface area is 125 Å². The number of hydrogen-bond donors (Lipinski definition) is 0. The molecule has 2 rings (SSSR count). The molecule has 1 heterocycles. The highest BCUT2D eigenvalue weighted by Crippen LogP contribution is 2.19. The van der Waals surface area contributed by atoms with Crippen LogP contribution in [0.25, 0.3) is 0 Å². The van der Waals surface area contributed by atoms with Gasteiger partial charge >= 0.3 is 0 Å². The largest absolute Gasteiger partial charge is 0.480 e. The fourth-order valence-electron chi connectivity index (χ4n) is 2.60. The molecule has 112 valence electrons. The maximum absolute atomic E-state index is 12.5. The van der Waals surface area contributed by atoms with E-state index in [2.05, 4.69) is 18.0 Å². The molecule has 0 saturated carbocycles. The zero-order valence-electron chi connectivity index (χ0n) is 12.7. The van der Waals surface area contributed by atoms with E-state index in [1.54, 1.807) is 31.2 Å². The molecule has 0 spiro atoms. The number of ether oxygens (including phenoxy) is 1. The lowest BCUT2D eigenvalue weighted by Gasteiger charge is -2.39. The Bertz CT molecular complexity index is 553. The molecule has 1 aliphatic heterocycles. The summed E-state index contributed by atoms with van der Waals surface area (Å²) in [6.07, 6.45) is -0.592. The van der Waals surface area contributed by atoms with Crippen LogP contribution in [0.2, 0.25) is 0 Å². The number of carbonyl (C=O) groups is 1. The van der Waals surface area contributed by atoms with E-state index in [0.717, 1.165) is 13.1 Å². The number of para-hydroxylation sites is 1. The lowest BCUT2D eigenvalue weighted by molar-refractivity contribution is -0.142. The van der Waals surface area contributed by atoms with Gasteiger partial charge in [-0.2, -0.15) is 5.26 Å². The predicted molar refractivity (Wildman–Crippen MR) is 79.9 cm³/mol. The minimum Gasteiger partial charge on any atom is -0.480 e. The molecule has 2 atom stereocenters. The molecule has 0 bridgehead atoms. The Morgan fingerprint density at radius 3 is 2.81 bits per heavy atom. The van der Waals surface area contributed by atoms with Gasteiger partial charge in [-0.3, -0.25) is 4.79 Å². The van der Waals surface area contributed by atoms with E-state index < -0.39 is 6.10 Å². The summed E-state index contributed by atoms with van der Waals surface area (Å²) in [6, 6.07) is 9.23. The first-order valence-electron chi connectivity index (χ1n) is 7.17. The lowest BCUT2D eigenvalue weighted by atomic mass is 10.1. The van der Waals surface area contributed by atoms with Crippen LogP contribution in [0.15, 0.2) is 24.3 Å². The van der Waals surface area contributed by atoms with Gasteiger partial charge in [0.05, 0.1) is 5.56 Å². The Morgan fingerprint density at radius 1 is 1.43 bits per heavy atom. The SMILES string of the molecule is C[C@@H](Oc1ccccc1C#N)C(=O)N1CCN(C)C[C@@H]1C. The molecule has 21 heavy (non-hydrogen) atoms. The van der Waals surface area contributed by atoms with Gasteiger partial charge in [-0.1, -0.05) is 12.1 Å². The maximum atomic E-state index is 12.5. The van der Waals surface area contributed by atoms with E-state index in [4.69, 9.17) is 10.00 Å². The molecule has 1 aromatic rings. The topological polar surface area (TPSA) is 56.6 Å². The molecule has 1 saturated heterocycles. The van der Waals surface area contributed by atoms with Gasteiger partial charge < -0.3 is 14.5 Å². The Balaban J connectivity index is 2.04. The van der Waals surface area contributed by atoms with Crippen molar-refractivity contribution in [2.45, 2.75) is 26.0 Å². The second kappa shape index (κ2) is 6.59. The van der Waals surface area contributed by atoms with Crippen LogP contribution in [0.5, 0.6) is 5.75 Å². The monoisotopic (exact) mass is 287 g/mol. The molecule has 1 amide bonds. The summed E-state index contributed by atoms with van der Waals surface area (Å²) in [4.78, 5) is 16.6. The van der Waals surface area contributed by atoms with Gasteiger partial charge in [-0.15, -0.1) is 0 Å². The fraction of sp³-hybridized carbons (Fsp3) is 0.500.